The fourth-order valence-corrected chi connectivity index (χ4v) is 7.42. The van der Waals surface area contributed by atoms with E-state index in [2.05, 4.69) is 102 Å². The van der Waals surface area contributed by atoms with Crippen LogP contribution in [0.1, 0.15) is 5.56 Å². The first-order valence-corrected chi connectivity index (χ1v) is 11.9. The number of thiophene rings is 2. The van der Waals surface area contributed by atoms with E-state index in [1.54, 1.807) is 0 Å². The van der Waals surface area contributed by atoms with Gasteiger partial charge in [0.05, 0.1) is 0 Å². The molecule has 0 unspecified atom stereocenters. The molecule has 6 aromatic rings. The molecule has 3 heteroatoms. The zero-order valence-electron chi connectivity index (χ0n) is 15.1. The first kappa shape index (κ1) is 17.0. The summed E-state index contributed by atoms with van der Waals surface area (Å²) in [5.41, 5.74) is 3.95. The minimum absolute atomic E-state index is 1.31. The van der Waals surface area contributed by atoms with Crippen LogP contribution in [-0.4, -0.2) is 0 Å². The van der Waals surface area contributed by atoms with Crippen molar-refractivity contribution in [2.45, 2.75) is 6.92 Å². The van der Waals surface area contributed by atoms with Gasteiger partial charge in [-0.3, -0.25) is 0 Å². The van der Waals surface area contributed by atoms with E-state index in [0.29, 0.717) is 0 Å². The molecule has 2 aromatic heterocycles. The Morgan fingerprint density at radius 1 is 0.643 bits per heavy atom. The number of halogens is 1. The number of aryl methyl sites for hydroxylation is 1. The third kappa shape index (κ3) is 2.46. The summed E-state index contributed by atoms with van der Waals surface area (Å²) in [6, 6.07) is 27.0. The van der Waals surface area contributed by atoms with Crippen LogP contribution < -0.4 is 0 Å². The highest BCUT2D eigenvalue weighted by Crippen LogP contribution is 2.42. The Hall–Kier alpha value is -1.95. The SMILES string of the molecule is Cc1ccc2sc3cc(-c4ccc5c(sc6ccccc65)c4I)ccc3c2c1. The molecule has 0 N–H and O–H groups in total. The van der Waals surface area contributed by atoms with E-state index in [9.17, 15) is 0 Å². The smallest absolute Gasteiger partial charge is 0.0495 e. The van der Waals surface area contributed by atoms with Gasteiger partial charge in [-0.1, -0.05) is 54.1 Å². The van der Waals surface area contributed by atoms with Gasteiger partial charge >= 0.3 is 0 Å². The molecule has 0 radical (unpaired) electrons. The monoisotopic (exact) mass is 506 g/mol. The predicted molar refractivity (Wildman–Crippen MR) is 135 cm³/mol. The molecular formula is C25H15IS2. The van der Waals surface area contributed by atoms with E-state index in [4.69, 9.17) is 0 Å². The van der Waals surface area contributed by atoms with Crippen molar-refractivity contribution in [1.82, 2.24) is 0 Å². The van der Waals surface area contributed by atoms with Crippen molar-refractivity contribution in [3.63, 3.8) is 0 Å². The third-order valence-corrected chi connectivity index (χ3v) is 9.25. The molecular weight excluding hydrogens is 491 g/mol. The van der Waals surface area contributed by atoms with Crippen LogP contribution in [0.15, 0.2) is 72.8 Å². The highest BCUT2D eigenvalue weighted by molar-refractivity contribution is 14.1. The average Bonchev–Trinajstić information content (AvgIpc) is 3.26. The van der Waals surface area contributed by atoms with Gasteiger partial charge in [-0.25, -0.2) is 0 Å². The second kappa shape index (κ2) is 6.28. The van der Waals surface area contributed by atoms with E-state index in [-0.39, 0.29) is 0 Å². The lowest BCUT2D eigenvalue weighted by molar-refractivity contribution is 1.52. The van der Waals surface area contributed by atoms with Gasteiger partial charge in [-0.05, 0) is 64.9 Å². The molecule has 28 heavy (non-hydrogen) atoms. The number of hydrogen-bond donors (Lipinski definition) is 0. The molecule has 0 aliphatic carbocycles. The van der Waals surface area contributed by atoms with E-state index < -0.39 is 0 Å². The van der Waals surface area contributed by atoms with Crippen molar-refractivity contribution < 1.29 is 0 Å². The highest BCUT2D eigenvalue weighted by atomic mass is 127. The first-order chi connectivity index (χ1) is 13.7. The molecule has 0 spiro atoms. The largest absolute Gasteiger partial charge is 0.135 e. The van der Waals surface area contributed by atoms with Crippen LogP contribution in [0, 0.1) is 10.5 Å². The fourth-order valence-electron chi connectivity index (χ4n) is 4.04. The van der Waals surface area contributed by atoms with Crippen molar-refractivity contribution >= 4 is 85.6 Å². The maximum atomic E-state index is 2.53. The maximum Gasteiger partial charge on any atom is 0.0495 e. The number of rotatable bonds is 1. The molecule has 0 atom stereocenters. The van der Waals surface area contributed by atoms with Gasteiger partial charge in [-0.15, -0.1) is 22.7 Å². The fraction of sp³-hybridized carbons (Fsp3) is 0.0400. The summed E-state index contributed by atoms with van der Waals surface area (Å²) < 4.78 is 6.85. The Kier molecular flexibility index (Phi) is 3.80. The van der Waals surface area contributed by atoms with E-state index >= 15 is 0 Å². The van der Waals surface area contributed by atoms with Crippen LogP contribution in [-0.2, 0) is 0 Å². The second-order valence-corrected chi connectivity index (χ2v) is 10.4. The Balaban J connectivity index is 1.59. The summed E-state index contributed by atoms with van der Waals surface area (Å²) in [6.45, 7) is 2.17. The zero-order valence-corrected chi connectivity index (χ0v) is 18.9. The zero-order chi connectivity index (χ0) is 18.8. The average molecular weight is 506 g/mol. The molecule has 0 aliphatic heterocycles. The van der Waals surface area contributed by atoms with Gasteiger partial charge in [0, 0.05) is 43.9 Å². The van der Waals surface area contributed by atoms with E-state index in [1.165, 1.54) is 60.6 Å². The lowest BCUT2D eigenvalue weighted by atomic mass is 10.0. The summed E-state index contributed by atoms with van der Waals surface area (Å²) in [5, 5.41) is 5.47. The van der Waals surface area contributed by atoms with Crippen molar-refractivity contribution in [1.29, 1.82) is 0 Å². The normalized spacial score (nSPS) is 11.9. The Morgan fingerprint density at radius 3 is 2.36 bits per heavy atom. The van der Waals surface area contributed by atoms with Gasteiger partial charge in [0.1, 0.15) is 0 Å². The van der Waals surface area contributed by atoms with E-state index in [0.717, 1.165) is 0 Å². The first-order valence-electron chi connectivity index (χ1n) is 9.22. The lowest BCUT2D eigenvalue weighted by Crippen LogP contribution is -1.83. The molecule has 0 nitrogen and oxygen atoms in total. The lowest BCUT2D eigenvalue weighted by Gasteiger charge is -2.07. The van der Waals surface area contributed by atoms with Gasteiger partial charge in [0.15, 0.2) is 0 Å². The molecule has 0 fully saturated rings. The molecule has 6 rings (SSSR count). The van der Waals surface area contributed by atoms with Crippen molar-refractivity contribution in [3.05, 3.63) is 81.9 Å². The summed E-state index contributed by atoms with van der Waals surface area (Å²) >= 11 is 6.33. The molecule has 2 heterocycles. The quantitative estimate of drug-likeness (QED) is 0.195. The Morgan fingerprint density at radius 2 is 1.43 bits per heavy atom. The van der Waals surface area contributed by atoms with E-state index in [1.807, 2.05) is 22.7 Å². The van der Waals surface area contributed by atoms with Gasteiger partial charge in [0.25, 0.3) is 0 Å². The molecule has 0 saturated carbocycles. The minimum Gasteiger partial charge on any atom is -0.135 e. The Labute approximate surface area is 184 Å². The molecule has 4 aromatic carbocycles. The molecule has 134 valence electrons. The van der Waals surface area contributed by atoms with Gasteiger partial charge < -0.3 is 0 Å². The van der Waals surface area contributed by atoms with Crippen LogP contribution >= 0.6 is 45.3 Å². The summed E-state index contributed by atoms with van der Waals surface area (Å²) in [4.78, 5) is 0. The molecule has 0 aliphatic rings. The van der Waals surface area contributed by atoms with Gasteiger partial charge in [0.2, 0.25) is 0 Å². The Bertz CT molecular complexity index is 1530. The molecule has 0 amide bonds. The number of hydrogen-bond acceptors (Lipinski definition) is 2. The number of benzene rings is 4. The van der Waals surface area contributed by atoms with Crippen LogP contribution in [0.5, 0.6) is 0 Å². The summed E-state index contributed by atoms with van der Waals surface area (Å²) in [7, 11) is 0. The predicted octanol–water partition coefficient (Wildman–Crippen LogP) is 9.00. The van der Waals surface area contributed by atoms with Crippen molar-refractivity contribution in [2.75, 3.05) is 0 Å². The number of fused-ring (bicyclic) bond motifs is 6. The highest BCUT2D eigenvalue weighted by Gasteiger charge is 2.13. The van der Waals surface area contributed by atoms with Crippen LogP contribution in [0.4, 0.5) is 0 Å². The van der Waals surface area contributed by atoms with Gasteiger partial charge in [-0.2, -0.15) is 0 Å². The minimum atomic E-state index is 1.31. The summed E-state index contributed by atoms with van der Waals surface area (Å²) in [6.07, 6.45) is 0. The topological polar surface area (TPSA) is 0 Å². The van der Waals surface area contributed by atoms with Crippen LogP contribution in [0.25, 0.3) is 51.5 Å². The molecule has 0 bridgehead atoms. The second-order valence-electron chi connectivity index (χ2n) is 7.21. The van der Waals surface area contributed by atoms with Crippen molar-refractivity contribution in [3.8, 4) is 11.1 Å². The maximum absolute atomic E-state index is 2.53. The van der Waals surface area contributed by atoms with Crippen LogP contribution in [0.3, 0.4) is 0 Å². The standard InChI is InChI=1S/C25H15IS2/c1-14-6-11-22-20(12-14)18-8-7-15(13-23(18)27-22)16-9-10-19-17-4-2-3-5-21(17)28-25(19)24(16)26/h2-13H,1H3. The van der Waals surface area contributed by atoms with Crippen LogP contribution in [0.2, 0.25) is 0 Å². The summed E-state index contributed by atoms with van der Waals surface area (Å²) in [5.74, 6) is 0. The van der Waals surface area contributed by atoms with Crippen molar-refractivity contribution in [2.24, 2.45) is 0 Å². The molecule has 0 saturated heterocycles. The third-order valence-electron chi connectivity index (χ3n) is 5.42.